The van der Waals surface area contributed by atoms with E-state index in [0.717, 1.165) is 14.9 Å². The van der Waals surface area contributed by atoms with Crippen molar-refractivity contribution in [2.24, 2.45) is 0 Å². The van der Waals surface area contributed by atoms with Gasteiger partial charge in [0.05, 0.1) is 5.75 Å². The molecule has 0 saturated heterocycles. The molecule has 26 heavy (non-hydrogen) atoms. The Morgan fingerprint density at radius 3 is 2.42 bits per heavy atom. The fourth-order valence-corrected chi connectivity index (χ4v) is 3.41. The third-order valence-electron chi connectivity index (χ3n) is 3.37. The Balaban J connectivity index is 1.81. The summed E-state index contributed by atoms with van der Waals surface area (Å²) in [7, 11) is 0. The Hall–Kier alpha value is -2.12. The largest absolute Gasteiger partial charge is 0.457 e. The molecule has 7 heteroatoms. The normalized spacial score (nSPS) is 10.3. The van der Waals surface area contributed by atoms with Crippen LogP contribution < -0.4 is 5.32 Å². The van der Waals surface area contributed by atoms with Crippen molar-refractivity contribution in [2.75, 3.05) is 17.7 Å². The summed E-state index contributed by atoms with van der Waals surface area (Å²) < 4.78 is 6.03. The van der Waals surface area contributed by atoms with E-state index < -0.39 is 5.97 Å². The maximum atomic E-state index is 12.1. The van der Waals surface area contributed by atoms with E-state index in [2.05, 4.69) is 21.2 Å². The van der Waals surface area contributed by atoms with Crippen molar-refractivity contribution in [3.05, 3.63) is 58.1 Å². The van der Waals surface area contributed by atoms with Gasteiger partial charge in [0.25, 0.3) is 0 Å². The molecule has 0 saturated carbocycles. The van der Waals surface area contributed by atoms with Gasteiger partial charge in [0.15, 0.2) is 12.4 Å². The predicted octanol–water partition coefficient (Wildman–Crippen LogP) is 4.23. The molecule has 0 spiro atoms. The SMILES string of the molecule is CC(=O)Nc1ccc(C(=O)COC(=O)CSc2ccc(Br)cc2C)cc1. The summed E-state index contributed by atoms with van der Waals surface area (Å²) in [5, 5.41) is 2.62. The molecule has 1 N–H and O–H groups in total. The zero-order valence-electron chi connectivity index (χ0n) is 14.4. The number of halogens is 1. The van der Waals surface area contributed by atoms with Crippen LogP contribution in [-0.4, -0.2) is 30.0 Å². The van der Waals surface area contributed by atoms with Crippen molar-refractivity contribution in [1.82, 2.24) is 0 Å². The van der Waals surface area contributed by atoms with Crippen LogP contribution in [0.3, 0.4) is 0 Å². The summed E-state index contributed by atoms with van der Waals surface area (Å²) in [6.07, 6.45) is 0. The number of Topliss-reactive ketones (excluding diaryl/α,β-unsaturated/α-hetero) is 1. The summed E-state index contributed by atoms with van der Waals surface area (Å²) in [6.45, 7) is 3.07. The summed E-state index contributed by atoms with van der Waals surface area (Å²) in [5.41, 5.74) is 2.09. The van der Waals surface area contributed by atoms with Gasteiger partial charge in [0.1, 0.15) is 0 Å². The molecule has 0 aromatic heterocycles. The quantitative estimate of drug-likeness (QED) is 0.400. The number of nitrogens with one attached hydrogen (secondary N) is 1. The van der Waals surface area contributed by atoms with Crippen molar-refractivity contribution < 1.29 is 19.1 Å². The molecule has 0 bridgehead atoms. The van der Waals surface area contributed by atoms with E-state index in [1.54, 1.807) is 24.3 Å². The lowest BCUT2D eigenvalue weighted by Gasteiger charge is -2.07. The summed E-state index contributed by atoms with van der Waals surface area (Å²) in [4.78, 5) is 35.9. The third kappa shape index (κ3) is 6.31. The van der Waals surface area contributed by atoms with Crippen LogP contribution in [0.25, 0.3) is 0 Å². The Morgan fingerprint density at radius 1 is 1.12 bits per heavy atom. The first-order valence-corrected chi connectivity index (χ1v) is 9.58. The second-order valence-corrected chi connectivity index (χ2v) is 7.47. The van der Waals surface area contributed by atoms with Gasteiger partial charge in [-0.1, -0.05) is 15.9 Å². The van der Waals surface area contributed by atoms with E-state index in [1.165, 1.54) is 18.7 Å². The van der Waals surface area contributed by atoms with Crippen LogP contribution in [0.5, 0.6) is 0 Å². The van der Waals surface area contributed by atoms with E-state index in [-0.39, 0.29) is 24.1 Å². The Kier molecular flexibility index (Phi) is 7.41. The average molecular weight is 436 g/mol. The van der Waals surface area contributed by atoms with Crippen molar-refractivity contribution in [3.63, 3.8) is 0 Å². The minimum atomic E-state index is -0.444. The molecule has 0 heterocycles. The van der Waals surface area contributed by atoms with Crippen LogP contribution in [0.1, 0.15) is 22.8 Å². The Morgan fingerprint density at radius 2 is 1.81 bits per heavy atom. The summed E-state index contributed by atoms with van der Waals surface area (Å²) in [5.74, 6) is -0.786. The summed E-state index contributed by atoms with van der Waals surface area (Å²) in [6, 6.07) is 12.2. The smallest absolute Gasteiger partial charge is 0.316 e. The van der Waals surface area contributed by atoms with Gasteiger partial charge >= 0.3 is 5.97 Å². The number of aryl methyl sites for hydroxylation is 1. The van der Waals surface area contributed by atoms with E-state index in [4.69, 9.17) is 4.74 Å². The highest BCUT2D eigenvalue weighted by Crippen LogP contribution is 2.25. The molecule has 0 aliphatic heterocycles. The lowest BCUT2D eigenvalue weighted by molar-refractivity contribution is -0.139. The van der Waals surface area contributed by atoms with Crippen molar-refractivity contribution >= 4 is 51.0 Å². The number of benzene rings is 2. The number of esters is 1. The molecular weight excluding hydrogens is 418 g/mol. The standard InChI is InChI=1S/C19H18BrNO4S/c1-12-9-15(20)5-8-18(12)26-11-19(24)25-10-17(23)14-3-6-16(7-4-14)21-13(2)22/h3-9H,10-11H2,1-2H3,(H,21,22). The first-order valence-electron chi connectivity index (χ1n) is 7.80. The van der Waals surface area contributed by atoms with E-state index in [1.807, 2.05) is 25.1 Å². The second-order valence-electron chi connectivity index (χ2n) is 5.54. The number of ether oxygens (including phenoxy) is 1. The molecule has 1 amide bonds. The molecule has 5 nitrogen and oxygen atoms in total. The van der Waals surface area contributed by atoms with Gasteiger partial charge in [-0.25, -0.2) is 0 Å². The van der Waals surface area contributed by atoms with E-state index in [9.17, 15) is 14.4 Å². The topological polar surface area (TPSA) is 72.5 Å². The third-order valence-corrected chi connectivity index (χ3v) is 5.02. The molecule has 2 aromatic rings. The molecule has 0 aliphatic carbocycles. The highest BCUT2D eigenvalue weighted by atomic mass is 79.9. The fraction of sp³-hybridized carbons (Fsp3) is 0.211. The lowest BCUT2D eigenvalue weighted by atomic mass is 10.1. The van der Waals surface area contributed by atoms with Crippen molar-refractivity contribution in [1.29, 1.82) is 0 Å². The van der Waals surface area contributed by atoms with Gasteiger partial charge in [-0.3, -0.25) is 14.4 Å². The highest BCUT2D eigenvalue weighted by Gasteiger charge is 2.11. The minimum absolute atomic E-state index is 0.136. The molecule has 2 aromatic carbocycles. The van der Waals surface area contributed by atoms with Gasteiger partial charge < -0.3 is 10.1 Å². The lowest BCUT2D eigenvalue weighted by Crippen LogP contribution is -2.15. The molecule has 0 unspecified atom stereocenters. The van der Waals surface area contributed by atoms with Crippen LogP contribution in [0.4, 0.5) is 5.69 Å². The molecule has 136 valence electrons. The predicted molar refractivity (Wildman–Crippen MR) is 106 cm³/mol. The van der Waals surface area contributed by atoms with Gasteiger partial charge in [-0.2, -0.15) is 0 Å². The zero-order chi connectivity index (χ0) is 19.1. The number of carbonyl (C=O) groups is 3. The van der Waals surface area contributed by atoms with E-state index >= 15 is 0 Å². The second kappa shape index (κ2) is 9.54. The molecule has 0 radical (unpaired) electrons. The molecular formula is C19H18BrNO4S. The maximum Gasteiger partial charge on any atom is 0.316 e. The van der Waals surface area contributed by atoms with Gasteiger partial charge in [-0.15, -0.1) is 11.8 Å². The van der Waals surface area contributed by atoms with Crippen LogP contribution in [0.15, 0.2) is 51.8 Å². The number of hydrogen-bond acceptors (Lipinski definition) is 5. The molecule has 0 fully saturated rings. The summed E-state index contributed by atoms with van der Waals surface area (Å²) >= 11 is 4.77. The number of anilines is 1. The Bertz CT molecular complexity index is 821. The maximum absolute atomic E-state index is 12.1. The number of hydrogen-bond donors (Lipinski definition) is 1. The number of amides is 1. The zero-order valence-corrected chi connectivity index (χ0v) is 16.8. The van der Waals surface area contributed by atoms with Crippen molar-refractivity contribution in [3.8, 4) is 0 Å². The van der Waals surface area contributed by atoms with Crippen LogP contribution in [0.2, 0.25) is 0 Å². The number of rotatable bonds is 7. The molecule has 2 rings (SSSR count). The van der Waals surface area contributed by atoms with Crippen LogP contribution in [-0.2, 0) is 14.3 Å². The number of thioether (sulfide) groups is 1. The first-order chi connectivity index (χ1) is 12.3. The number of ketones is 1. The Labute approximate surface area is 164 Å². The average Bonchev–Trinajstić information content (AvgIpc) is 2.59. The highest BCUT2D eigenvalue weighted by molar-refractivity contribution is 9.10. The van der Waals surface area contributed by atoms with Gasteiger partial charge in [0.2, 0.25) is 5.91 Å². The number of carbonyl (C=O) groups excluding carboxylic acids is 3. The first kappa shape index (κ1) is 20.2. The minimum Gasteiger partial charge on any atom is -0.457 e. The van der Waals surface area contributed by atoms with Gasteiger partial charge in [0, 0.05) is 27.5 Å². The van der Waals surface area contributed by atoms with Crippen LogP contribution in [0, 0.1) is 6.92 Å². The van der Waals surface area contributed by atoms with Crippen LogP contribution >= 0.6 is 27.7 Å². The fourth-order valence-electron chi connectivity index (χ4n) is 2.13. The van der Waals surface area contributed by atoms with Gasteiger partial charge in [-0.05, 0) is 55.0 Å². The molecule has 0 aliphatic rings. The van der Waals surface area contributed by atoms with Crippen molar-refractivity contribution in [2.45, 2.75) is 18.7 Å². The molecule has 0 atom stereocenters. The monoisotopic (exact) mass is 435 g/mol. The van der Waals surface area contributed by atoms with E-state index in [0.29, 0.717) is 11.3 Å².